The fraction of sp³-hybridized carbons (Fsp3) is 0.607. The standard InChI is InChI=1S/C28H41N5O2/c1-5-11-32-18-20(29-28(34)31(6-2)7-3)16-22-21-9-8-10-24-27(21)23(17-26(22)32)25(30-24)19-33(4)12-14-35-15-13-33/h5,8-10,20,22,26,30H,1,6-7,11-19H2,2-4H3/p+1/t20-,22+,26+/m0/s1. The molecular weight excluding hydrogens is 438 g/mol. The van der Waals surface area contributed by atoms with Crippen LogP contribution in [-0.4, -0.2) is 96.9 Å². The lowest BCUT2D eigenvalue weighted by molar-refractivity contribution is -0.929. The van der Waals surface area contributed by atoms with E-state index in [1.54, 1.807) is 0 Å². The maximum absolute atomic E-state index is 12.9. The Morgan fingerprint density at radius 2 is 2.09 bits per heavy atom. The molecule has 2 saturated heterocycles. The molecule has 2 amide bonds. The number of benzene rings is 1. The number of likely N-dealkylation sites (N-methyl/N-ethyl adjacent to an activating group) is 1. The molecule has 3 atom stereocenters. The monoisotopic (exact) mass is 480 g/mol. The van der Waals surface area contributed by atoms with Gasteiger partial charge in [-0.05, 0) is 43.9 Å². The number of hydrogen-bond acceptors (Lipinski definition) is 3. The Labute approximate surface area is 209 Å². The van der Waals surface area contributed by atoms with Crippen molar-refractivity contribution in [1.82, 2.24) is 20.1 Å². The number of nitrogens with zero attached hydrogens (tertiary/aromatic N) is 3. The van der Waals surface area contributed by atoms with E-state index in [0.717, 1.165) is 76.4 Å². The Balaban J connectivity index is 1.47. The predicted octanol–water partition coefficient (Wildman–Crippen LogP) is 3.46. The number of amides is 2. The lowest BCUT2D eigenvalue weighted by atomic mass is 9.73. The quantitative estimate of drug-likeness (QED) is 0.471. The molecule has 1 aromatic heterocycles. The average Bonchev–Trinajstić information content (AvgIpc) is 3.18. The van der Waals surface area contributed by atoms with Gasteiger partial charge in [0.2, 0.25) is 0 Å². The molecule has 7 nitrogen and oxygen atoms in total. The molecule has 5 rings (SSSR count). The summed E-state index contributed by atoms with van der Waals surface area (Å²) in [6.07, 6.45) is 4.05. The van der Waals surface area contributed by atoms with Gasteiger partial charge in [-0.2, -0.15) is 0 Å². The second-order valence-corrected chi connectivity index (χ2v) is 10.9. The lowest BCUT2D eigenvalue weighted by Gasteiger charge is -2.47. The number of hydrogen-bond donors (Lipinski definition) is 2. The van der Waals surface area contributed by atoms with Crippen molar-refractivity contribution in [2.24, 2.45) is 0 Å². The number of ether oxygens (including phenoxy) is 1. The van der Waals surface area contributed by atoms with Gasteiger partial charge in [-0.15, -0.1) is 6.58 Å². The third-order valence-electron chi connectivity index (χ3n) is 8.62. The highest BCUT2D eigenvalue weighted by Gasteiger charge is 2.42. The number of carbonyl (C=O) groups is 1. The molecule has 1 aromatic carbocycles. The van der Waals surface area contributed by atoms with Gasteiger partial charge in [-0.3, -0.25) is 4.90 Å². The molecular formula is C28H42N5O2+. The molecule has 0 spiro atoms. The number of urea groups is 1. The van der Waals surface area contributed by atoms with E-state index in [2.05, 4.69) is 47.0 Å². The minimum absolute atomic E-state index is 0.0538. The van der Waals surface area contributed by atoms with Gasteiger partial charge in [-0.25, -0.2) is 4.79 Å². The molecule has 2 aliphatic heterocycles. The number of likely N-dealkylation sites (tertiary alicyclic amines) is 1. The zero-order valence-electron chi connectivity index (χ0n) is 21.7. The molecule has 7 heteroatoms. The second-order valence-electron chi connectivity index (χ2n) is 10.9. The van der Waals surface area contributed by atoms with Crippen LogP contribution in [0.5, 0.6) is 0 Å². The number of aromatic amines is 1. The number of rotatable bonds is 7. The highest BCUT2D eigenvalue weighted by molar-refractivity contribution is 5.89. The first-order valence-electron chi connectivity index (χ1n) is 13.4. The maximum atomic E-state index is 12.9. The van der Waals surface area contributed by atoms with Crippen molar-refractivity contribution in [3.8, 4) is 0 Å². The van der Waals surface area contributed by atoms with Gasteiger partial charge >= 0.3 is 6.03 Å². The zero-order valence-corrected chi connectivity index (χ0v) is 21.7. The molecule has 0 bridgehead atoms. The van der Waals surface area contributed by atoms with Crippen LogP contribution in [0.3, 0.4) is 0 Å². The Morgan fingerprint density at radius 3 is 2.80 bits per heavy atom. The van der Waals surface area contributed by atoms with E-state index in [4.69, 9.17) is 4.74 Å². The molecule has 190 valence electrons. The van der Waals surface area contributed by atoms with Crippen molar-refractivity contribution >= 4 is 16.9 Å². The molecule has 1 aliphatic carbocycles. The first-order chi connectivity index (χ1) is 17.0. The molecule has 35 heavy (non-hydrogen) atoms. The van der Waals surface area contributed by atoms with E-state index in [0.29, 0.717) is 12.0 Å². The zero-order chi connectivity index (χ0) is 24.6. The smallest absolute Gasteiger partial charge is 0.317 e. The Kier molecular flexibility index (Phi) is 6.93. The maximum Gasteiger partial charge on any atom is 0.317 e. The van der Waals surface area contributed by atoms with Gasteiger partial charge in [0.05, 0.1) is 26.0 Å². The largest absolute Gasteiger partial charge is 0.370 e. The number of nitrogens with one attached hydrogen (secondary N) is 2. The van der Waals surface area contributed by atoms with Crippen molar-refractivity contribution in [1.29, 1.82) is 0 Å². The van der Waals surface area contributed by atoms with Crippen molar-refractivity contribution in [2.45, 2.75) is 51.2 Å². The summed E-state index contributed by atoms with van der Waals surface area (Å²) in [6, 6.07) is 7.37. The summed E-state index contributed by atoms with van der Waals surface area (Å²) in [4.78, 5) is 21.1. The van der Waals surface area contributed by atoms with Crippen LogP contribution in [0, 0.1) is 0 Å². The van der Waals surface area contributed by atoms with Crippen molar-refractivity contribution < 1.29 is 14.0 Å². The molecule has 0 saturated carbocycles. The summed E-state index contributed by atoms with van der Waals surface area (Å²) in [5.74, 6) is 0.402. The number of quaternary nitrogens is 1. The van der Waals surface area contributed by atoms with E-state index in [9.17, 15) is 4.79 Å². The van der Waals surface area contributed by atoms with Crippen LogP contribution in [0.15, 0.2) is 30.9 Å². The van der Waals surface area contributed by atoms with Crippen LogP contribution in [-0.2, 0) is 17.7 Å². The third-order valence-corrected chi connectivity index (χ3v) is 8.62. The Bertz CT molecular complexity index is 1070. The summed E-state index contributed by atoms with van der Waals surface area (Å²) in [5.41, 5.74) is 5.60. The number of morpholine rings is 1. The molecule has 3 aliphatic rings. The number of piperidine rings is 1. The summed E-state index contributed by atoms with van der Waals surface area (Å²) >= 11 is 0. The van der Waals surface area contributed by atoms with Crippen molar-refractivity contribution in [3.63, 3.8) is 0 Å². The van der Waals surface area contributed by atoms with Crippen molar-refractivity contribution in [3.05, 3.63) is 47.7 Å². The first-order valence-corrected chi connectivity index (χ1v) is 13.4. The molecule has 0 unspecified atom stereocenters. The highest BCUT2D eigenvalue weighted by Crippen LogP contribution is 2.45. The van der Waals surface area contributed by atoms with Crippen LogP contribution >= 0.6 is 0 Å². The number of carbonyl (C=O) groups excluding carboxylic acids is 1. The number of fused-ring (bicyclic) bond motifs is 2. The molecule has 2 aromatic rings. The summed E-state index contributed by atoms with van der Waals surface area (Å²) in [6.45, 7) is 16.1. The summed E-state index contributed by atoms with van der Waals surface area (Å²) in [5, 5.41) is 4.78. The lowest BCUT2D eigenvalue weighted by Crippen LogP contribution is -2.57. The normalized spacial score (nSPS) is 25.7. The van der Waals surface area contributed by atoms with Gasteiger partial charge in [-0.1, -0.05) is 18.2 Å². The van der Waals surface area contributed by atoms with Crippen LogP contribution in [0.2, 0.25) is 0 Å². The van der Waals surface area contributed by atoms with Gasteiger partial charge in [0, 0.05) is 55.1 Å². The molecule has 3 heterocycles. The van der Waals surface area contributed by atoms with Crippen molar-refractivity contribution in [2.75, 3.05) is 59.5 Å². The SMILES string of the molecule is C=CCN1C[C@@H](NC(=O)N(CC)CC)C[C@@H]2c3cccc4[nH]c(C[N+]5(C)CCOCC5)c(c34)C[C@H]21. The summed E-state index contributed by atoms with van der Waals surface area (Å²) in [7, 11) is 2.36. The Hall–Kier alpha value is -2.35. The third kappa shape index (κ3) is 4.61. The van der Waals surface area contributed by atoms with E-state index < -0.39 is 0 Å². The van der Waals surface area contributed by atoms with Gasteiger partial charge in [0.15, 0.2) is 0 Å². The fourth-order valence-electron chi connectivity index (χ4n) is 6.68. The molecule has 0 radical (unpaired) electrons. The highest BCUT2D eigenvalue weighted by atomic mass is 16.5. The van der Waals surface area contributed by atoms with E-state index in [1.807, 2.05) is 24.8 Å². The van der Waals surface area contributed by atoms with Gasteiger partial charge in [0.25, 0.3) is 0 Å². The minimum Gasteiger partial charge on any atom is -0.370 e. The topological polar surface area (TPSA) is 60.6 Å². The first kappa shape index (κ1) is 24.3. The van der Waals surface area contributed by atoms with Gasteiger partial charge in [0.1, 0.15) is 19.6 Å². The number of aromatic nitrogens is 1. The van der Waals surface area contributed by atoms with E-state index in [-0.39, 0.29) is 12.1 Å². The second kappa shape index (κ2) is 9.96. The predicted molar refractivity (Wildman–Crippen MR) is 141 cm³/mol. The van der Waals surface area contributed by atoms with Crippen LogP contribution < -0.4 is 5.32 Å². The van der Waals surface area contributed by atoms with Crippen LogP contribution in [0.4, 0.5) is 4.79 Å². The van der Waals surface area contributed by atoms with E-state index >= 15 is 0 Å². The van der Waals surface area contributed by atoms with E-state index in [1.165, 1.54) is 27.7 Å². The Morgan fingerprint density at radius 1 is 1.31 bits per heavy atom. The molecule has 2 fully saturated rings. The minimum atomic E-state index is 0.0538. The average molecular weight is 481 g/mol. The summed E-state index contributed by atoms with van der Waals surface area (Å²) < 4.78 is 6.68. The number of H-pyrrole nitrogens is 1. The molecule has 2 N–H and O–H groups in total. The fourth-order valence-corrected chi connectivity index (χ4v) is 6.68. The van der Waals surface area contributed by atoms with Crippen LogP contribution in [0.25, 0.3) is 10.9 Å². The van der Waals surface area contributed by atoms with Gasteiger partial charge < -0.3 is 24.4 Å². The van der Waals surface area contributed by atoms with Crippen LogP contribution in [0.1, 0.15) is 43.0 Å².